The minimum Gasteiger partial charge on any atom is -0.422 e. The van der Waals surface area contributed by atoms with E-state index in [0.29, 0.717) is 16.2 Å². The summed E-state index contributed by atoms with van der Waals surface area (Å²) in [5.41, 5.74) is 5.08. The molecule has 0 aliphatic heterocycles. The van der Waals surface area contributed by atoms with Gasteiger partial charge in [0.25, 0.3) is 0 Å². The molecule has 0 unspecified atom stereocenters. The molecule has 3 aromatic carbocycles. The Bertz CT molecular complexity index is 1410. The molecule has 28 heavy (non-hydrogen) atoms. The van der Waals surface area contributed by atoms with E-state index in [1.54, 1.807) is 0 Å². The second-order valence-corrected chi connectivity index (χ2v) is 7.86. The minimum absolute atomic E-state index is 0.357. The van der Waals surface area contributed by atoms with Crippen molar-refractivity contribution in [2.75, 3.05) is 0 Å². The van der Waals surface area contributed by atoms with Crippen molar-refractivity contribution in [3.8, 4) is 21.8 Å². The lowest BCUT2D eigenvalue weighted by Gasteiger charge is -2.05. The Balaban J connectivity index is 1.70. The van der Waals surface area contributed by atoms with E-state index in [9.17, 15) is 4.79 Å². The predicted octanol–water partition coefficient (Wildman–Crippen LogP) is 6.35. The number of rotatable bonds is 2. The van der Waals surface area contributed by atoms with Gasteiger partial charge in [-0.15, -0.1) is 11.3 Å². The van der Waals surface area contributed by atoms with Crippen LogP contribution in [0.1, 0.15) is 11.1 Å². The van der Waals surface area contributed by atoms with Gasteiger partial charge < -0.3 is 4.42 Å². The Labute approximate surface area is 165 Å². The molecule has 0 aliphatic rings. The number of fused-ring (bicyclic) bond motifs is 3. The Morgan fingerprint density at radius 2 is 1.75 bits per heavy atom. The summed E-state index contributed by atoms with van der Waals surface area (Å²) in [5, 5.41) is 5.79. The van der Waals surface area contributed by atoms with E-state index < -0.39 is 0 Å². The van der Waals surface area contributed by atoms with E-state index in [0.717, 1.165) is 27.4 Å². The van der Waals surface area contributed by atoms with Gasteiger partial charge in [-0.3, -0.25) is 0 Å². The monoisotopic (exact) mass is 383 g/mol. The van der Waals surface area contributed by atoms with Crippen LogP contribution in [-0.4, -0.2) is 4.98 Å². The summed E-state index contributed by atoms with van der Waals surface area (Å²) in [6.07, 6.45) is 0. The van der Waals surface area contributed by atoms with E-state index >= 15 is 0 Å². The van der Waals surface area contributed by atoms with E-state index in [-0.39, 0.29) is 5.63 Å². The number of aromatic nitrogens is 1. The largest absolute Gasteiger partial charge is 0.422 e. The zero-order chi connectivity index (χ0) is 19.3. The van der Waals surface area contributed by atoms with Crippen LogP contribution in [0.4, 0.5) is 0 Å². The van der Waals surface area contributed by atoms with Crippen LogP contribution in [0.25, 0.3) is 43.6 Å². The lowest BCUT2D eigenvalue weighted by atomic mass is 10.0. The second kappa shape index (κ2) is 6.43. The van der Waals surface area contributed by atoms with Crippen LogP contribution in [-0.2, 0) is 0 Å². The molecule has 0 amide bonds. The molecule has 136 valence electrons. The molecule has 0 bridgehead atoms. The van der Waals surface area contributed by atoms with Crippen molar-refractivity contribution in [1.82, 2.24) is 4.98 Å². The summed E-state index contributed by atoms with van der Waals surface area (Å²) in [7, 11) is 0. The Morgan fingerprint density at radius 1 is 0.893 bits per heavy atom. The van der Waals surface area contributed by atoms with Crippen molar-refractivity contribution >= 4 is 33.1 Å². The van der Waals surface area contributed by atoms with Crippen molar-refractivity contribution in [3.63, 3.8) is 0 Å². The number of aryl methyl sites for hydroxylation is 2. The van der Waals surface area contributed by atoms with Crippen molar-refractivity contribution in [3.05, 3.63) is 87.6 Å². The number of benzene rings is 3. The van der Waals surface area contributed by atoms with Gasteiger partial charge in [-0.05, 0) is 48.4 Å². The highest BCUT2D eigenvalue weighted by molar-refractivity contribution is 7.13. The zero-order valence-electron chi connectivity index (χ0n) is 15.5. The third kappa shape index (κ3) is 2.74. The maximum absolute atomic E-state index is 12.6. The van der Waals surface area contributed by atoms with Crippen LogP contribution < -0.4 is 5.63 Å². The SMILES string of the molecule is Cc1ccc(C)c(-c2csc(-c3cc4c(ccc5ccccc54)oc3=O)n2)c1. The molecular weight excluding hydrogens is 366 g/mol. The van der Waals surface area contributed by atoms with Crippen molar-refractivity contribution in [1.29, 1.82) is 0 Å². The van der Waals surface area contributed by atoms with Crippen LogP contribution in [0.2, 0.25) is 0 Å². The molecule has 4 heteroatoms. The first-order valence-corrected chi connectivity index (χ1v) is 9.97. The van der Waals surface area contributed by atoms with Gasteiger partial charge in [-0.25, -0.2) is 9.78 Å². The lowest BCUT2D eigenvalue weighted by Crippen LogP contribution is -2.02. The Hall–Kier alpha value is -3.24. The third-order valence-electron chi connectivity index (χ3n) is 5.05. The van der Waals surface area contributed by atoms with Gasteiger partial charge >= 0.3 is 5.63 Å². The molecular formula is C24H17NO2S. The second-order valence-electron chi connectivity index (χ2n) is 7.00. The maximum atomic E-state index is 12.6. The minimum atomic E-state index is -0.357. The number of thiazole rings is 1. The van der Waals surface area contributed by atoms with E-state index in [1.807, 2.05) is 41.8 Å². The highest BCUT2D eigenvalue weighted by Gasteiger charge is 2.15. The van der Waals surface area contributed by atoms with Gasteiger partial charge in [0.15, 0.2) is 0 Å². The molecule has 0 atom stereocenters. The van der Waals surface area contributed by atoms with Crippen molar-refractivity contribution < 1.29 is 4.42 Å². The summed E-state index contributed by atoms with van der Waals surface area (Å²) in [6, 6.07) is 20.2. The van der Waals surface area contributed by atoms with Gasteiger partial charge in [0.1, 0.15) is 10.6 Å². The van der Waals surface area contributed by atoms with Gasteiger partial charge in [0.2, 0.25) is 0 Å². The quantitative estimate of drug-likeness (QED) is 0.263. The van der Waals surface area contributed by atoms with Gasteiger partial charge in [0, 0.05) is 16.3 Å². The highest BCUT2D eigenvalue weighted by Crippen LogP contribution is 2.32. The molecule has 0 radical (unpaired) electrons. The fourth-order valence-corrected chi connectivity index (χ4v) is 4.38. The molecule has 0 N–H and O–H groups in total. The number of hydrogen-bond acceptors (Lipinski definition) is 4. The van der Waals surface area contributed by atoms with E-state index in [2.05, 4.69) is 38.1 Å². The van der Waals surface area contributed by atoms with Gasteiger partial charge in [0.05, 0.1) is 11.3 Å². The average molecular weight is 383 g/mol. The molecule has 3 nitrogen and oxygen atoms in total. The third-order valence-corrected chi connectivity index (χ3v) is 5.92. The molecule has 5 aromatic rings. The molecule has 0 aliphatic carbocycles. The average Bonchev–Trinajstić information content (AvgIpc) is 3.19. The molecule has 0 saturated carbocycles. The topological polar surface area (TPSA) is 43.1 Å². The molecule has 0 fully saturated rings. The standard InChI is InChI=1S/C24H17NO2S/c1-14-7-8-15(2)18(11-14)21-13-28-23(25-21)20-12-19-17-6-4-3-5-16(17)9-10-22(19)27-24(20)26/h3-13H,1-2H3. The van der Waals surface area contributed by atoms with Crippen LogP contribution in [0.3, 0.4) is 0 Å². The van der Waals surface area contributed by atoms with Crippen molar-refractivity contribution in [2.45, 2.75) is 13.8 Å². The summed E-state index contributed by atoms with van der Waals surface area (Å²) < 4.78 is 5.62. The fourth-order valence-electron chi connectivity index (χ4n) is 3.55. The van der Waals surface area contributed by atoms with E-state index in [1.165, 1.54) is 22.5 Å². The van der Waals surface area contributed by atoms with Crippen LogP contribution in [0, 0.1) is 13.8 Å². The molecule has 0 spiro atoms. The van der Waals surface area contributed by atoms with Crippen LogP contribution in [0.5, 0.6) is 0 Å². The first kappa shape index (κ1) is 16.9. The predicted molar refractivity (Wildman–Crippen MR) is 116 cm³/mol. The number of hydrogen-bond donors (Lipinski definition) is 0. The number of nitrogens with zero attached hydrogens (tertiary/aromatic N) is 1. The molecule has 0 saturated heterocycles. The summed E-state index contributed by atoms with van der Waals surface area (Å²) in [4.78, 5) is 17.4. The first-order chi connectivity index (χ1) is 13.6. The fraction of sp³-hybridized carbons (Fsp3) is 0.0833. The highest BCUT2D eigenvalue weighted by atomic mass is 32.1. The van der Waals surface area contributed by atoms with Crippen LogP contribution in [0.15, 0.2) is 75.3 Å². The zero-order valence-corrected chi connectivity index (χ0v) is 16.3. The van der Waals surface area contributed by atoms with Gasteiger partial charge in [-0.2, -0.15) is 0 Å². The Morgan fingerprint density at radius 3 is 2.64 bits per heavy atom. The molecule has 2 heterocycles. The first-order valence-electron chi connectivity index (χ1n) is 9.09. The summed E-state index contributed by atoms with van der Waals surface area (Å²) in [5.74, 6) is 0. The summed E-state index contributed by atoms with van der Waals surface area (Å²) >= 11 is 1.47. The van der Waals surface area contributed by atoms with Crippen LogP contribution >= 0.6 is 11.3 Å². The molecule has 2 aromatic heterocycles. The smallest absolute Gasteiger partial charge is 0.346 e. The molecule has 5 rings (SSSR count). The van der Waals surface area contributed by atoms with E-state index in [4.69, 9.17) is 9.40 Å². The normalized spacial score (nSPS) is 11.4. The maximum Gasteiger partial charge on any atom is 0.346 e. The summed E-state index contributed by atoms with van der Waals surface area (Å²) in [6.45, 7) is 4.14. The van der Waals surface area contributed by atoms with Gasteiger partial charge in [-0.1, -0.05) is 48.0 Å². The Kier molecular flexibility index (Phi) is 3.88. The lowest BCUT2D eigenvalue weighted by molar-refractivity contribution is 0.564. The van der Waals surface area contributed by atoms with Crippen molar-refractivity contribution in [2.24, 2.45) is 0 Å².